The molecule has 0 amide bonds. The molecule has 1 spiro atoms. The molecule has 3 aromatic heterocycles. The molecule has 0 radical (unpaired) electrons. The van der Waals surface area contributed by atoms with Gasteiger partial charge in [0.15, 0.2) is 22.9 Å². The summed E-state index contributed by atoms with van der Waals surface area (Å²) in [5.74, 6) is 2.22. The molecule has 0 unspecified atom stereocenters. The van der Waals surface area contributed by atoms with Gasteiger partial charge in [-0.15, -0.1) is 0 Å². The summed E-state index contributed by atoms with van der Waals surface area (Å²) in [4.78, 5) is 29.2. The number of fused-ring (bicyclic) bond motifs is 3. The number of aromatic nitrogens is 5. The van der Waals surface area contributed by atoms with E-state index in [0.29, 0.717) is 50.0 Å². The van der Waals surface area contributed by atoms with E-state index >= 15 is 0 Å². The fourth-order valence-electron chi connectivity index (χ4n) is 11.3. The molecule has 1 N–H and O–H groups in total. The predicted molar refractivity (Wildman–Crippen MR) is 247 cm³/mol. The number of hydrogen-bond donors (Lipinski definition) is 1. The van der Waals surface area contributed by atoms with E-state index in [1.54, 1.807) is 0 Å². The molecule has 1 aliphatic heterocycles. The van der Waals surface area contributed by atoms with Crippen molar-refractivity contribution in [3.63, 3.8) is 0 Å². The van der Waals surface area contributed by atoms with Gasteiger partial charge in [0.1, 0.15) is 15.3 Å². The number of benzene rings is 2. The number of carbonyl (C=O) groups excluding carboxylic acids is 1. The highest BCUT2D eigenvalue weighted by Gasteiger charge is 2.52. The van der Waals surface area contributed by atoms with Crippen molar-refractivity contribution in [3.8, 4) is 11.5 Å². The topological polar surface area (TPSA) is 123 Å². The maximum absolute atomic E-state index is 13.7. The van der Waals surface area contributed by atoms with Crippen LogP contribution in [0.4, 0.5) is 5.82 Å². The van der Waals surface area contributed by atoms with Gasteiger partial charge >= 0.3 is 0 Å². The second-order valence-electron chi connectivity index (χ2n) is 19.5. The molecule has 3 aliphatic carbocycles. The largest absolute Gasteiger partial charge is 0.405 e. The second kappa shape index (κ2) is 16.0. The van der Waals surface area contributed by atoms with E-state index in [4.69, 9.17) is 29.2 Å². The van der Waals surface area contributed by atoms with E-state index < -0.39 is 19.3 Å². The molecule has 318 valence electrons. The van der Waals surface area contributed by atoms with Crippen LogP contribution in [-0.4, -0.2) is 93.9 Å². The van der Waals surface area contributed by atoms with Gasteiger partial charge in [0.25, 0.3) is 8.32 Å². The van der Waals surface area contributed by atoms with Crippen LogP contribution in [0.2, 0.25) is 5.04 Å². The number of Topliss-reactive ketones (excluding diaryl/α,β-unsaturated/α-hetero) is 1. The molecule has 4 heterocycles. The normalized spacial score (nSPS) is 26.4. The zero-order valence-electron chi connectivity index (χ0n) is 36.1. The summed E-state index contributed by atoms with van der Waals surface area (Å²) < 4.78 is 16.9. The van der Waals surface area contributed by atoms with Gasteiger partial charge in [-0.2, -0.15) is 5.10 Å². The monoisotopic (exact) mass is 941 g/mol. The number of aliphatic hydroxyl groups is 1. The van der Waals surface area contributed by atoms with Crippen molar-refractivity contribution in [2.24, 2.45) is 0 Å². The molecule has 2 aromatic carbocycles. The molecular formula is C47H60IN7O4Si. The molecule has 60 heavy (non-hydrogen) atoms. The van der Waals surface area contributed by atoms with Crippen LogP contribution < -0.4 is 15.3 Å². The summed E-state index contributed by atoms with van der Waals surface area (Å²) in [5.41, 5.74) is 0.777. The Labute approximate surface area is 368 Å². The lowest BCUT2D eigenvalue weighted by Crippen LogP contribution is -2.67. The summed E-state index contributed by atoms with van der Waals surface area (Å²) in [6, 6.07) is 21.9. The standard InChI is InChI=1S/C47H60IN7O4Si/c1-45(2,3)60(32-17-9-7-10-18-32,33-19-11-8-12-20-33)58-29-31-25-28-46(4,57)30-54(31)43-38-41(48)51-55(36-23-15-22-35(36)53(5)6)44(38)50-42(49-43)39-34-21-16-27-47(40(34)59-52-39)26-14-13-24-37(47)56/h7-12,17-20,31,35-36,57H,13-16,21-30H2,1-6H3/t31-,35+,36+,46-,47-/m1/s1. The molecular weight excluding hydrogens is 882 g/mol. The van der Waals surface area contributed by atoms with Crippen molar-refractivity contribution in [2.75, 3.05) is 32.1 Å². The SMILES string of the molecule is CN(C)[C@H]1CCC[C@@H]1n1nc(I)c2c(N3C[C@](C)(O)CC[C@@H]3CO[Si](c3ccccc3)(c3ccccc3)C(C)(C)C)nc(-c3noc4c3CCC[C@@]43CCCCC3=O)nc21. The summed E-state index contributed by atoms with van der Waals surface area (Å²) in [6.07, 6.45) is 10.3. The highest BCUT2D eigenvalue weighted by Crippen LogP contribution is 2.48. The molecule has 4 aliphatic rings. The lowest BCUT2D eigenvalue weighted by atomic mass is 9.64. The molecule has 13 heteroatoms. The first-order valence-corrected chi connectivity index (χ1v) is 25.1. The highest BCUT2D eigenvalue weighted by molar-refractivity contribution is 14.1. The van der Waals surface area contributed by atoms with Crippen molar-refractivity contribution < 1.29 is 18.9 Å². The number of ketones is 1. The third kappa shape index (κ3) is 7.07. The molecule has 2 saturated carbocycles. The van der Waals surface area contributed by atoms with Gasteiger partial charge in [0, 0.05) is 24.6 Å². The average molecular weight is 942 g/mol. The highest BCUT2D eigenvalue weighted by atomic mass is 127. The van der Waals surface area contributed by atoms with E-state index in [1.807, 2.05) is 6.92 Å². The van der Waals surface area contributed by atoms with Crippen molar-refractivity contribution in [3.05, 3.63) is 75.7 Å². The maximum Gasteiger partial charge on any atom is 0.261 e. The molecule has 1 saturated heterocycles. The number of rotatable bonds is 9. The van der Waals surface area contributed by atoms with Crippen LogP contribution >= 0.6 is 22.6 Å². The smallest absolute Gasteiger partial charge is 0.261 e. The summed E-state index contributed by atoms with van der Waals surface area (Å²) in [6.45, 7) is 9.69. The zero-order chi connectivity index (χ0) is 42.0. The number of nitrogens with zero attached hydrogens (tertiary/aromatic N) is 7. The minimum absolute atomic E-state index is 0.104. The van der Waals surface area contributed by atoms with Crippen LogP contribution in [0.3, 0.4) is 0 Å². The van der Waals surface area contributed by atoms with Crippen molar-refractivity contribution >= 4 is 63.9 Å². The lowest BCUT2D eigenvalue weighted by molar-refractivity contribution is -0.128. The van der Waals surface area contributed by atoms with Gasteiger partial charge in [0.2, 0.25) is 0 Å². The molecule has 0 bridgehead atoms. The minimum Gasteiger partial charge on any atom is -0.405 e. The quantitative estimate of drug-likeness (QED) is 0.116. The summed E-state index contributed by atoms with van der Waals surface area (Å²) >= 11 is 2.36. The van der Waals surface area contributed by atoms with Crippen LogP contribution in [0.5, 0.6) is 0 Å². The Morgan fingerprint density at radius 1 is 0.933 bits per heavy atom. The fourth-order valence-corrected chi connectivity index (χ4v) is 16.6. The van der Waals surface area contributed by atoms with Gasteiger partial charge in [-0.25, -0.2) is 14.6 Å². The number of halogens is 1. The third-order valence-corrected chi connectivity index (χ3v) is 20.1. The lowest BCUT2D eigenvalue weighted by Gasteiger charge is -2.47. The second-order valence-corrected chi connectivity index (χ2v) is 24.9. The first kappa shape index (κ1) is 41.8. The van der Waals surface area contributed by atoms with E-state index in [2.05, 4.69) is 133 Å². The summed E-state index contributed by atoms with van der Waals surface area (Å²) in [5, 5.41) is 25.1. The first-order chi connectivity index (χ1) is 28.7. The number of likely N-dealkylation sites (N-methyl/N-ethyl adjacent to an activating group) is 1. The van der Waals surface area contributed by atoms with E-state index in [1.165, 1.54) is 10.4 Å². The van der Waals surface area contributed by atoms with Crippen molar-refractivity contribution in [1.29, 1.82) is 0 Å². The zero-order valence-corrected chi connectivity index (χ0v) is 39.2. The Bertz CT molecular complexity index is 2320. The number of hydrogen-bond acceptors (Lipinski definition) is 10. The first-order valence-electron chi connectivity index (χ1n) is 22.1. The molecule has 5 atom stereocenters. The molecule has 5 aromatic rings. The van der Waals surface area contributed by atoms with Crippen LogP contribution in [-0.2, 0) is 21.1 Å². The summed E-state index contributed by atoms with van der Waals surface area (Å²) in [7, 11) is 1.42. The van der Waals surface area contributed by atoms with Crippen LogP contribution in [0.15, 0.2) is 65.2 Å². The van der Waals surface area contributed by atoms with Gasteiger partial charge < -0.3 is 23.9 Å². The van der Waals surface area contributed by atoms with Crippen molar-refractivity contribution in [2.45, 2.75) is 139 Å². The Hall–Kier alpha value is -3.50. The van der Waals surface area contributed by atoms with Gasteiger partial charge in [-0.05, 0) is 123 Å². The Kier molecular flexibility index (Phi) is 11.2. The van der Waals surface area contributed by atoms with Gasteiger partial charge in [0.05, 0.1) is 35.1 Å². The van der Waals surface area contributed by atoms with Crippen LogP contribution in [0.25, 0.3) is 22.6 Å². The Balaban J connectivity index is 1.21. The predicted octanol–water partition coefficient (Wildman–Crippen LogP) is 7.75. The van der Waals surface area contributed by atoms with E-state index in [9.17, 15) is 9.90 Å². The van der Waals surface area contributed by atoms with Crippen LogP contribution in [0, 0.1) is 3.70 Å². The van der Waals surface area contributed by atoms with Crippen LogP contribution in [0.1, 0.15) is 116 Å². The number of carbonyl (C=O) groups is 1. The maximum atomic E-state index is 13.7. The van der Waals surface area contributed by atoms with Gasteiger partial charge in [-0.1, -0.05) is 93.0 Å². The number of piperidine rings is 1. The number of anilines is 1. The van der Waals surface area contributed by atoms with E-state index in [0.717, 1.165) is 89.7 Å². The van der Waals surface area contributed by atoms with Gasteiger partial charge in [-0.3, -0.25) is 4.79 Å². The Morgan fingerprint density at radius 3 is 2.30 bits per heavy atom. The number of β-amino-alcohol motifs (C(OH)–C–C–N with tert-alkyl or cyclic N) is 1. The third-order valence-electron chi connectivity index (χ3n) is 14.3. The average Bonchev–Trinajstić information content (AvgIpc) is 3.98. The Morgan fingerprint density at radius 2 is 1.63 bits per heavy atom. The minimum atomic E-state index is -2.89. The van der Waals surface area contributed by atoms with E-state index in [-0.39, 0.29) is 22.9 Å². The fraction of sp³-hybridized carbons (Fsp3) is 0.553. The molecule has 3 fully saturated rings. The van der Waals surface area contributed by atoms with Crippen molar-refractivity contribution in [1.82, 2.24) is 29.8 Å². The molecule has 11 nitrogen and oxygen atoms in total. The molecule has 9 rings (SSSR count).